The van der Waals surface area contributed by atoms with Gasteiger partial charge in [-0.2, -0.15) is 0 Å². The zero-order valence-electron chi connectivity index (χ0n) is 12.4. The van der Waals surface area contributed by atoms with Gasteiger partial charge in [0.05, 0.1) is 23.9 Å². The van der Waals surface area contributed by atoms with E-state index in [2.05, 4.69) is 5.16 Å². The molecular weight excluding hydrogens is 284 g/mol. The molecule has 5 rings (SSSR count). The van der Waals surface area contributed by atoms with E-state index in [0.29, 0.717) is 24.8 Å². The minimum absolute atomic E-state index is 0.0908. The third-order valence-electron chi connectivity index (χ3n) is 6.02. The fraction of sp³-hybridized carbons (Fsp3) is 0.750. The second kappa shape index (κ2) is 4.32. The minimum atomic E-state index is -0.229. The molecule has 1 saturated carbocycles. The third-order valence-corrected chi connectivity index (χ3v) is 6.02. The number of fused-ring (bicyclic) bond motifs is 1. The van der Waals surface area contributed by atoms with Crippen molar-refractivity contribution in [3.05, 3.63) is 17.5 Å². The van der Waals surface area contributed by atoms with Crippen molar-refractivity contribution in [1.82, 2.24) is 10.1 Å². The zero-order chi connectivity index (χ0) is 14.9. The molecule has 1 aromatic heterocycles. The van der Waals surface area contributed by atoms with Crippen molar-refractivity contribution in [2.75, 3.05) is 19.7 Å². The summed E-state index contributed by atoms with van der Waals surface area (Å²) in [7, 11) is 0. The summed E-state index contributed by atoms with van der Waals surface area (Å²) in [6.45, 7) is 1.41. The summed E-state index contributed by atoms with van der Waals surface area (Å²) in [5.74, 6) is 1.16. The van der Waals surface area contributed by atoms with Crippen LogP contribution < -0.4 is 0 Å². The second-order valence-corrected chi connectivity index (χ2v) is 7.29. The lowest BCUT2D eigenvalue weighted by Gasteiger charge is -2.27. The molecule has 22 heavy (non-hydrogen) atoms. The smallest absolute Gasteiger partial charge is 0.292 e. The number of nitrogens with zero attached hydrogens (tertiary/aromatic N) is 2. The summed E-state index contributed by atoms with van der Waals surface area (Å²) in [6, 6.07) is 1.80. The Labute approximate surface area is 128 Å². The van der Waals surface area contributed by atoms with Gasteiger partial charge in [-0.25, -0.2) is 0 Å². The fourth-order valence-electron chi connectivity index (χ4n) is 4.71. The van der Waals surface area contributed by atoms with E-state index < -0.39 is 0 Å². The van der Waals surface area contributed by atoms with Crippen LogP contribution in [-0.4, -0.2) is 52.5 Å². The molecule has 0 aromatic carbocycles. The minimum Gasteiger partial charge on any atom is -0.396 e. The number of carbonyl (C=O) groups is 1. The maximum absolute atomic E-state index is 12.7. The average molecular weight is 304 g/mol. The van der Waals surface area contributed by atoms with Crippen LogP contribution in [0.25, 0.3) is 0 Å². The standard InChI is InChI=1S/C16H20N2O4/c19-7-10-11-6-18(8-16(11)4-3-13(10)21-16)15(20)14-5-12(17-22-14)9-1-2-9/h5,9-11,13,19H,1-4,6-8H2/t10-,11+,13+,16+/m1/s1. The van der Waals surface area contributed by atoms with E-state index in [-0.39, 0.29) is 36.1 Å². The molecule has 4 aliphatic rings. The van der Waals surface area contributed by atoms with E-state index in [1.54, 1.807) is 6.07 Å². The molecule has 0 radical (unpaired) electrons. The van der Waals surface area contributed by atoms with Gasteiger partial charge in [0.1, 0.15) is 0 Å². The van der Waals surface area contributed by atoms with Crippen LogP contribution in [0.4, 0.5) is 0 Å². The summed E-state index contributed by atoms with van der Waals surface area (Å²) in [4.78, 5) is 14.5. The zero-order valence-corrected chi connectivity index (χ0v) is 12.4. The van der Waals surface area contributed by atoms with Crippen molar-refractivity contribution in [2.24, 2.45) is 11.8 Å². The van der Waals surface area contributed by atoms with E-state index in [1.807, 2.05) is 4.90 Å². The number of aliphatic hydroxyl groups is 1. The molecule has 1 aromatic rings. The van der Waals surface area contributed by atoms with E-state index in [9.17, 15) is 9.90 Å². The molecular formula is C16H20N2O4. The van der Waals surface area contributed by atoms with E-state index in [0.717, 1.165) is 31.4 Å². The fourth-order valence-corrected chi connectivity index (χ4v) is 4.71. The molecule has 6 heteroatoms. The topological polar surface area (TPSA) is 75.8 Å². The van der Waals surface area contributed by atoms with Gasteiger partial charge in [0.15, 0.2) is 0 Å². The quantitative estimate of drug-likeness (QED) is 0.907. The SMILES string of the molecule is O=C(c1cc(C2CC2)no1)N1C[C@H]2[C@@H](CO)[C@@H]3CC[C@@]2(C1)O3. The van der Waals surface area contributed by atoms with Crippen molar-refractivity contribution in [2.45, 2.75) is 43.3 Å². The van der Waals surface area contributed by atoms with Gasteiger partial charge in [-0.3, -0.25) is 4.79 Å². The lowest BCUT2D eigenvalue weighted by molar-refractivity contribution is 0.00114. The van der Waals surface area contributed by atoms with Crippen molar-refractivity contribution in [3.8, 4) is 0 Å². The molecule has 6 nitrogen and oxygen atoms in total. The van der Waals surface area contributed by atoms with Crippen LogP contribution in [0.15, 0.2) is 10.6 Å². The first-order valence-electron chi connectivity index (χ1n) is 8.25. The first-order chi connectivity index (χ1) is 10.7. The van der Waals surface area contributed by atoms with Crippen molar-refractivity contribution < 1.29 is 19.2 Å². The highest BCUT2D eigenvalue weighted by molar-refractivity contribution is 5.91. The average Bonchev–Trinajstić information content (AvgIpc) is 2.93. The van der Waals surface area contributed by atoms with Crippen LogP contribution in [-0.2, 0) is 4.74 Å². The number of likely N-dealkylation sites (tertiary alicyclic amines) is 1. The van der Waals surface area contributed by atoms with Gasteiger partial charge in [0.2, 0.25) is 5.76 Å². The van der Waals surface area contributed by atoms with Crippen LogP contribution in [0.3, 0.4) is 0 Å². The van der Waals surface area contributed by atoms with E-state index in [4.69, 9.17) is 9.26 Å². The molecule has 1 N–H and O–H groups in total. The highest BCUT2D eigenvalue weighted by Crippen LogP contribution is 2.54. The largest absolute Gasteiger partial charge is 0.396 e. The van der Waals surface area contributed by atoms with Gasteiger partial charge in [0, 0.05) is 37.0 Å². The highest BCUT2D eigenvalue weighted by atomic mass is 16.5. The van der Waals surface area contributed by atoms with Crippen LogP contribution in [0, 0.1) is 11.8 Å². The molecule has 1 spiro atoms. The Hall–Kier alpha value is -1.40. The lowest BCUT2D eigenvalue weighted by Crippen LogP contribution is -2.38. The van der Waals surface area contributed by atoms with Gasteiger partial charge < -0.3 is 19.3 Å². The molecule has 3 saturated heterocycles. The molecule has 4 atom stereocenters. The van der Waals surface area contributed by atoms with E-state index >= 15 is 0 Å². The van der Waals surface area contributed by atoms with Gasteiger partial charge >= 0.3 is 0 Å². The first-order valence-corrected chi connectivity index (χ1v) is 8.25. The predicted octanol–water partition coefficient (Wildman–Crippen LogP) is 1.16. The number of aromatic nitrogens is 1. The Morgan fingerprint density at radius 1 is 1.45 bits per heavy atom. The monoisotopic (exact) mass is 304 g/mol. The van der Waals surface area contributed by atoms with Crippen LogP contribution in [0.2, 0.25) is 0 Å². The number of hydrogen-bond acceptors (Lipinski definition) is 5. The van der Waals surface area contributed by atoms with Crippen molar-refractivity contribution >= 4 is 5.91 Å². The van der Waals surface area contributed by atoms with Gasteiger partial charge in [0.25, 0.3) is 5.91 Å². The summed E-state index contributed by atoms with van der Waals surface area (Å²) >= 11 is 0. The highest BCUT2D eigenvalue weighted by Gasteiger charge is 2.63. The number of aliphatic hydroxyl groups excluding tert-OH is 1. The van der Waals surface area contributed by atoms with Crippen LogP contribution in [0.1, 0.15) is 47.8 Å². The predicted molar refractivity (Wildman–Crippen MR) is 75.3 cm³/mol. The molecule has 2 bridgehead atoms. The number of rotatable bonds is 3. The van der Waals surface area contributed by atoms with Crippen molar-refractivity contribution in [1.29, 1.82) is 0 Å². The van der Waals surface area contributed by atoms with Crippen LogP contribution >= 0.6 is 0 Å². The van der Waals surface area contributed by atoms with Gasteiger partial charge in [-0.15, -0.1) is 0 Å². The Bertz CT molecular complexity index is 625. The molecule has 0 unspecified atom stereocenters. The Morgan fingerprint density at radius 2 is 2.32 bits per heavy atom. The van der Waals surface area contributed by atoms with Gasteiger partial charge in [-0.05, 0) is 25.7 Å². The number of carbonyl (C=O) groups excluding carboxylic acids is 1. The number of amides is 1. The summed E-state index contributed by atoms with van der Waals surface area (Å²) in [5.41, 5.74) is 0.680. The second-order valence-electron chi connectivity index (χ2n) is 7.29. The normalized spacial score (nSPS) is 39.5. The Balaban J connectivity index is 1.37. The molecule has 118 valence electrons. The number of ether oxygens (including phenoxy) is 1. The van der Waals surface area contributed by atoms with Gasteiger partial charge in [-0.1, -0.05) is 5.16 Å². The Kier molecular flexibility index (Phi) is 2.57. The molecule has 4 fully saturated rings. The molecule has 3 aliphatic heterocycles. The Morgan fingerprint density at radius 3 is 3.09 bits per heavy atom. The van der Waals surface area contributed by atoms with Crippen LogP contribution in [0.5, 0.6) is 0 Å². The maximum Gasteiger partial charge on any atom is 0.292 e. The van der Waals surface area contributed by atoms with E-state index in [1.165, 1.54) is 0 Å². The number of hydrogen-bond donors (Lipinski definition) is 1. The molecule has 4 heterocycles. The van der Waals surface area contributed by atoms with Crippen molar-refractivity contribution in [3.63, 3.8) is 0 Å². The maximum atomic E-state index is 12.7. The first kappa shape index (κ1) is 13.1. The molecule has 1 aliphatic carbocycles. The molecule has 1 amide bonds. The summed E-state index contributed by atoms with van der Waals surface area (Å²) < 4.78 is 11.4. The summed E-state index contributed by atoms with van der Waals surface area (Å²) in [5, 5.41) is 13.7. The lowest BCUT2D eigenvalue weighted by atomic mass is 9.74. The summed E-state index contributed by atoms with van der Waals surface area (Å²) in [6.07, 6.45) is 4.45. The third kappa shape index (κ3) is 1.68.